The molecule has 9 heteroatoms. The predicted octanol–water partition coefficient (Wildman–Crippen LogP) is 2.57. The molecule has 0 fully saturated rings. The first kappa shape index (κ1) is 17.4. The molecule has 25 heavy (non-hydrogen) atoms. The summed E-state index contributed by atoms with van der Waals surface area (Å²) in [5.41, 5.74) is 0.967. The maximum absolute atomic E-state index is 5.28. The lowest BCUT2D eigenvalue weighted by Gasteiger charge is -2.06. The molecule has 0 bridgehead atoms. The fourth-order valence-corrected chi connectivity index (χ4v) is 3.24. The number of aromatic nitrogens is 7. The van der Waals surface area contributed by atoms with Crippen LogP contribution >= 0.6 is 11.8 Å². The first-order chi connectivity index (χ1) is 12.2. The Bertz CT molecular complexity index is 830. The van der Waals surface area contributed by atoms with Gasteiger partial charge in [-0.05, 0) is 29.0 Å². The van der Waals surface area contributed by atoms with Crippen molar-refractivity contribution >= 4 is 11.8 Å². The van der Waals surface area contributed by atoms with Crippen LogP contribution in [0.3, 0.4) is 0 Å². The molecule has 132 valence electrons. The number of ether oxygens (including phenoxy) is 1. The topological polar surface area (TPSA) is 83.5 Å². The van der Waals surface area contributed by atoms with Crippen LogP contribution in [0.5, 0.6) is 5.75 Å². The molecule has 0 aliphatic rings. The molecule has 0 atom stereocenters. The highest BCUT2D eigenvalue weighted by Gasteiger charge is 2.14. The molecule has 2 aromatic heterocycles. The minimum atomic E-state index is 0.654. The smallest absolute Gasteiger partial charge is 0.191 e. The van der Waals surface area contributed by atoms with Crippen molar-refractivity contribution in [2.24, 2.45) is 7.05 Å². The van der Waals surface area contributed by atoms with Gasteiger partial charge in [0.15, 0.2) is 16.8 Å². The molecule has 1 aromatic carbocycles. The summed E-state index contributed by atoms with van der Waals surface area (Å²) < 4.78 is 9.11. The first-order valence-corrected chi connectivity index (χ1v) is 9.13. The van der Waals surface area contributed by atoms with E-state index < -0.39 is 0 Å². The van der Waals surface area contributed by atoms with Crippen LogP contribution in [0.25, 0.3) is 11.4 Å². The minimum absolute atomic E-state index is 0.654. The van der Waals surface area contributed by atoms with Gasteiger partial charge in [0.2, 0.25) is 0 Å². The normalized spacial score (nSPS) is 11.0. The average Bonchev–Trinajstić information content (AvgIpc) is 3.24. The third kappa shape index (κ3) is 3.98. The monoisotopic (exact) mass is 359 g/mol. The zero-order chi connectivity index (χ0) is 17.6. The van der Waals surface area contributed by atoms with E-state index in [4.69, 9.17) is 4.74 Å². The van der Waals surface area contributed by atoms with Gasteiger partial charge in [0.25, 0.3) is 0 Å². The molecule has 0 saturated carbocycles. The highest BCUT2D eigenvalue weighted by Crippen LogP contribution is 2.26. The third-order valence-electron chi connectivity index (χ3n) is 3.82. The van der Waals surface area contributed by atoms with Crippen molar-refractivity contribution in [2.75, 3.05) is 7.11 Å². The third-order valence-corrected chi connectivity index (χ3v) is 4.84. The van der Waals surface area contributed by atoms with E-state index in [1.807, 2.05) is 40.6 Å². The molecule has 0 radical (unpaired) electrons. The largest absolute Gasteiger partial charge is 0.497 e. The van der Waals surface area contributed by atoms with Crippen molar-refractivity contribution in [1.29, 1.82) is 0 Å². The number of methoxy groups -OCH3 is 1. The predicted molar refractivity (Wildman–Crippen MR) is 95.3 cm³/mol. The van der Waals surface area contributed by atoms with E-state index >= 15 is 0 Å². The maximum Gasteiger partial charge on any atom is 0.191 e. The Morgan fingerprint density at radius 1 is 1.20 bits per heavy atom. The number of rotatable bonds is 8. The highest BCUT2D eigenvalue weighted by atomic mass is 32.2. The molecular formula is C16H21N7OS. The van der Waals surface area contributed by atoms with Gasteiger partial charge in [-0.2, -0.15) is 0 Å². The average molecular weight is 359 g/mol. The van der Waals surface area contributed by atoms with Crippen molar-refractivity contribution in [3.05, 3.63) is 30.1 Å². The number of aryl methyl sites for hydroxylation is 1. The molecule has 0 aliphatic carbocycles. The summed E-state index contributed by atoms with van der Waals surface area (Å²) in [7, 11) is 3.61. The van der Waals surface area contributed by atoms with Gasteiger partial charge in [-0.3, -0.25) is 0 Å². The second-order valence-corrected chi connectivity index (χ2v) is 6.50. The van der Waals surface area contributed by atoms with Gasteiger partial charge >= 0.3 is 0 Å². The number of unbranched alkanes of at least 4 members (excludes halogenated alkanes) is 1. The minimum Gasteiger partial charge on any atom is -0.497 e. The van der Waals surface area contributed by atoms with Crippen molar-refractivity contribution in [1.82, 2.24) is 35.0 Å². The van der Waals surface area contributed by atoms with Crippen molar-refractivity contribution < 1.29 is 4.74 Å². The Labute approximate surface area is 150 Å². The van der Waals surface area contributed by atoms with Crippen LogP contribution in [0.1, 0.15) is 25.6 Å². The molecule has 0 saturated heterocycles. The van der Waals surface area contributed by atoms with Gasteiger partial charge in [0.1, 0.15) is 5.75 Å². The van der Waals surface area contributed by atoms with E-state index in [1.165, 1.54) is 0 Å². The molecule has 0 spiro atoms. The zero-order valence-corrected chi connectivity index (χ0v) is 15.4. The molecule has 3 rings (SSSR count). The summed E-state index contributed by atoms with van der Waals surface area (Å²) in [4.78, 5) is 0. The van der Waals surface area contributed by atoms with Crippen LogP contribution in [0.4, 0.5) is 0 Å². The lowest BCUT2D eigenvalue weighted by Crippen LogP contribution is -2.05. The Hall–Kier alpha value is -2.42. The molecule has 2 heterocycles. The van der Waals surface area contributed by atoms with Gasteiger partial charge in [0.05, 0.1) is 12.9 Å². The van der Waals surface area contributed by atoms with Crippen LogP contribution in [-0.2, 0) is 19.3 Å². The Morgan fingerprint density at radius 2 is 2.08 bits per heavy atom. The zero-order valence-electron chi connectivity index (χ0n) is 14.6. The van der Waals surface area contributed by atoms with Crippen molar-refractivity contribution in [3.63, 3.8) is 0 Å². The van der Waals surface area contributed by atoms with Gasteiger partial charge in [-0.1, -0.05) is 37.2 Å². The number of tetrazole rings is 1. The van der Waals surface area contributed by atoms with Gasteiger partial charge in [0, 0.05) is 19.2 Å². The summed E-state index contributed by atoms with van der Waals surface area (Å²) in [6.45, 7) is 2.99. The standard InChI is InChI=1S/C16H21N7OS/c1-4-5-9-23-14(17-20-21-23)11-25-16-19-18-15(22(16)2)12-7-6-8-13(10-12)24-3/h6-8,10H,4-5,9,11H2,1-3H3. The number of hydrogen-bond acceptors (Lipinski definition) is 7. The van der Waals surface area contributed by atoms with E-state index in [-0.39, 0.29) is 0 Å². The fraction of sp³-hybridized carbons (Fsp3) is 0.438. The van der Waals surface area contributed by atoms with Gasteiger partial charge in [-0.15, -0.1) is 15.3 Å². The van der Waals surface area contributed by atoms with Crippen LogP contribution in [0.15, 0.2) is 29.4 Å². The summed E-state index contributed by atoms with van der Waals surface area (Å²) in [5, 5.41) is 21.4. The molecule has 0 amide bonds. The second kappa shape index (κ2) is 8.11. The summed E-state index contributed by atoms with van der Waals surface area (Å²) >= 11 is 1.57. The maximum atomic E-state index is 5.28. The fourth-order valence-electron chi connectivity index (χ4n) is 2.39. The number of hydrogen-bond donors (Lipinski definition) is 0. The van der Waals surface area contributed by atoms with E-state index in [2.05, 4.69) is 32.6 Å². The Balaban J connectivity index is 1.72. The van der Waals surface area contributed by atoms with Crippen LogP contribution in [0.2, 0.25) is 0 Å². The lowest BCUT2D eigenvalue weighted by molar-refractivity contribution is 0.415. The van der Waals surface area contributed by atoms with E-state index in [0.29, 0.717) is 5.75 Å². The Morgan fingerprint density at radius 3 is 2.88 bits per heavy atom. The molecule has 0 unspecified atom stereocenters. The molecule has 3 aromatic rings. The quantitative estimate of drug-likeness (QED) is 0.572. The lowest BCUT2D eigenvalue weighted by atomic mass is 10.2. The molecule has 0 aliphatic heterocycles. The van der Waals surface area contributed by atoms with E-state index in [9.17, 15) is 0 Å². The van der Waals surface area contributed by atoms with Crippen LogP contribution in [-0.4, -0.2) is 42.1 Å². The molecule has 8 nitrogen and oxygen atoms in total. The number of nitrogens with zero attached hydrogens (tertiary/aromatic N) is 7. The molecule has 0 N–H and O–H groups in total. The van der Waals surface area contributed by atoms with Crippen molar-refractivity contribution in [3.8, 4) is 17.1 Å². The molecular weight excluding hydrogens is 338 g/mol. The van der Waals surface area contributed by atoms with Gasteiger partial charge < -0.3 is 9.30 Å². The number of thioether (sulfide) groups is 1. The first-order valence-electron chi connectivity index (χ1n) is 8.14. The summed E-state index contributed by atoms with van der Waals surface area (Å²) in [6, 6.07) is 7.79. The SMILES string of the molecule is CCCCn1nnnc1CSc1nnc(-c2cccc(OC)c2)n1C. The van der Waals surface area contributed by atoms with E-state index in [0.717, 1.165) is 47.5 Å². The van der Waals surface area contributed by atoms with Gasteiger partial charge in [-0.25, -0.2) is 4.68 Å². The summed E-state index contributed by atoms with van der Waals surface area (Å²) in [6.07, 6.45) is 2.17. The van der Waals surface area contributed by atoms with E-state index in [1.54, 1.807) is 18.9 Å². The van der Waals surface area contributed by atoms with Crippen LogP contribution in [0, 0.1) is 0 Å². The second-order valence-electron chi connectivity index (χ2n) is 5.56. The Kier molecular flexibility index (Phi) is 5.64. The number of benzene rings is 1. The van der Waals surface area contributed by atoms with Crippen molar-refractivity contribution in [2.45, 2.75) is 37.2 Å². The summed E-state index contributed by atoms with van der Waals surface area (Å²) in [5.74, 6) is 3.10. The highest BCUT2D eigenvalue weighted by molar-refractivity contribution is 7.98. The van der Waals surface area contributed by atoms with Crippen LogP contribution < -0.4 is 4.74 Å².